The molecule has 0 aliphatic rings. The molecule has 2 aromatic rings. The zero-order chi connectivity index (χ0) is 14.9. The second-order valence-electron chi connectivity index (χ2n) is 4.20. The molecule has 0 spiro atoms. The Kier molecular flexibility index (Phi) is 3.75. The quantitative estimate of drug-likeness (QED) is 0.846. The van der Waals surface area contributed by atoms with Gasteiger partial charge >= 0.3 is 0 Å². The van der Waals surface area contributed by atoms with Gasteiger partial charge in [-0.05, 0) is 6.92 Å². The third-order valence-electron chi connectivity index (χ3n) is 2.64. The lowest BCUT2D eigenvalue weighted by atomic mass is 10.3. The number of carbonyl (C=O) groups excluding carboxylic acids is 2. The zero-order valence-electron chi connectivity index (χ0n) is 10.9. The molecule has 0 atom stereocenters. The van der Waals surface area contributed by atoms with E-state index in [0.29, 0.717) is 10.7 Å². The van der Waals surface area contributed by atoms with Crippen LogP contribution in [-0.2, 0) is 18.4 Å². The molecular weight excluding hydrogens is 284 g/mol. The fraction of sp³-hybridized carbons (Fsp3) is 0.273. The number of aromatic nitrogens is 4. The fourth-order valence-electron chi connectivity index (χ4n) is 1.73. The van der Waals surface area contributed by atoms with Crippen molar-refractivity contribution < 1.29 is 9.59 Å². The van der Waals surface area contributed by atoms with Gasteiger partial charge in [-0.2, -0.15) is 10.2 Å². The first-order valence-corrected chi connectivity index (χ1v) is 6.07. The van der Waals surface area contributed by atoms with E-state index in [4.69, 9.17) is 17.3 Å². The number of aryl methyl sites for hydroxylation is 2. The van der Waals surface area contributed by atoms with Gasteiger partial charge in [0, 0.05) is 13.2 Å². The molecule has 2 aromatic heterocycles. The molecule has 0 aliphatic carbocycles. The van der Waals surface area contributed by atoms with Gasteiger partial charge in [-0.1, -0.05) is 11.6 Å². The summed E-state index contributed by atoms with van der Waals surface area (Å²) in [5, 5.41) is 11.0. The summed E-state index contributed by atoms with van der Waals surface area (Å²) in [4.78, 5) is 23.1. The van der Waals surface area contributed by atoms with E-state index in [-0.39, 0.29) is 23.8 Å². The van der Waals surface area contributed by atoms with Gasteiger partial charge in [0.15, 0.2) is 0 Å². The minimum absolute atomic E-state index is 0.0271. The Balaban J connectivity index is 2.10. The maximum absolute atomic E-state index is 11.9. The number of nitrogens with zero attached hydrogens (tertiary/aromatic N) is 4. The van der Waals surface area contributed by atoms with Crippen LogP contribution in [0.15, 0.2) is 12.4 Å². The number of amides is 2. The molecule has 3 N–H and O–H groups in total. The van der Waals surface area contributed by atoms with Gasteiger partial charge in [0.2, 0.25) is 5.91 Å². The van der Waals surface area contributed by atoms with Gasteiger partial charge in [0.1, 0.15) is 12.2 Å². The molecule has 0 fully saturated rings. The Morgan fingerprint density at radius 3 is 2.75 bits per heavy atom. The van der Waals surface area contributed by atoms with E-state index in [2.05, 4.69) is 15.5 Å². The number of hydrogen-bond donors (Lipinski definition) is 2. The van der Waals surface area contributed by atoms with Crippen molar-refractivity contribution in [3.05, 3.63) is 28.8 Å². The highest BCUT2D eigenvalue weighted by atomic mass is 35.5. The number of nitrogens with one attached hydrogen (secondary N) is 1. The summed E-state index contributed by atoms with van der Waals surface area (Å²) in [6, 6.07) is 0. The molecule has 0 radical (unpaired) electrons. The Bertz CT molecular complexity index is 655. The smallest absolute Gasteiger partial charge is 0.269 e. The van der Waals surface area contributed by atoms with Crippen molar-refractivity contribution in [1.29, 1.82) is 0 Å². The molecule has 0 unspecified atom stereocenters. The minimum atomic E-state index is -0.668. The fourth-order valence-corrected chi connectivity index (χ4v) is 1.88. The molecule has 8 nitrogen and oxygen atoms in total. The number of halogens is 1. The predicted molar refractivity (Wildman–Crippen MR) is 72.3 cm³/mol. The van der Waals surface area contributed by atoms with Crippen molar-refractivity contribution in [1.82, 2.24) is 19.6 Å². The summed E-state index contributed by atoms with van der Waals surface area (Å²) in [7, 11) is 1.56. The largest absolute Gasteiger partial charge is 0.364 e. The maximum atomic E-state index is 11.9. The summed E-state index contributed by atoms with van der Waals surface area (Å²) >= 11 is 5.85. The van der Waals surface area contributed by atoms with Crippen molar-refractivity contribution in [3.8, 4) is 0 Å². The average Bonchev–Trinajstić information content (AvgIpc) is 2.83. The van der Waals surface area contributed by atoms with Crippen molar-refractivity contribution in [2.24, 2.45) is 12.8 Å². The minimum Gasteiger partial charge on any atom is -0.364 e. The topological polar surface area (TPSA) is 108 Å². The normalized spacial score (nSPS) is 10.6. The molecule has 2 heterocycles. The second kappa shape index (κ2) is 5.33. The molecule has 20 heavy (non-hydrogen) atoms. The maximum Gasteiger partial charge on any atom is 0.269 e. The molecule has 2 amide bonds. The summed E-state index contributed by atoms with van der Waals surface area (Å²) in [6.07, 6.45) is 2.91. The van der Waals surface area contributed by atoms with Crippen LogP contribution in [0.25, 0.3) is 0 Å². The van der Waals surface area contributed by atoms with Crippen molar-refractivity contribution in [3.63, 3.8) is 0 Å². The monoisotopic (exact) mass is 296 g/mol. The second-order valence-corrected chi connectivity index (χ2v) is 4.61. The number of primary amides is 1. The third kappa shape index (κ3) is 2.80. The van der Waals surface area contributed by atoms with E-state index in [1.54, 1.807) is 20.2 Å². The Labute approximate surface area is 119 Å². The van der Waals surface area contributed by atoms with Crippen LogP contribution in [0.1, 0.15) is 16.2 Å². The summed E-state index contributed by atoms with van der Waals surface area (Å²) in [5.41, 5.74) is 6.26. The van der Waals surface area contributed by atoms with Gasteiger partial charge < -0.3 is 11.1 Å². The lowest BCUT2D eigenvalue weighted by Crippen LogP contribution is -2.22. The molecule has 9 heteroatoms. The highest BCUT2D eigenvalue weighted by molar-refractivity contribution is 6.31. The van der Waals surface area contributed by atoms with Crippen molar-refractivity contribution in [2.45, 2.75) is 13.5 Å². The van der Waals surface area contributed by atoms with E-state index in [9.17, 15) is 9.59 Å². The Morgan fingerprint density at radius 2 is 2.20 bits per heavy atom. The molecule has 2 rings (SSSR count). The van der Waals surface area contributed by atoms with Crippen LogP contribution in [0.3, 0.4) is 0 Å². The van der Waals surface area contributed by atoms with E-state index < -0.39 is 5.91 Å². The van der Waals surface area contributed by atoms with Crippen LogP contribution in [0.2, 0.25) is 5.02 Å². The van der Waals surface area contributed by atoms with Crippen LogP contribution in [-0.4, -0.2) is 31.4 Å². The Hall–Kier alpha value is -2.35. The van der Waals surface area contributed by atoms with Gasteiger partial charge in [-0.15, -0.1) is 0 Å². The predicted octanol–water partition coefficient (Wildman–Crippen LogP) is 0.316. The number of anilines is 1. The van der Waals surface area contributed by atoms with Crippen LogP contribution >= 0.6 is 11.6 Å². The van der Waals surface area contributed by atoms with Gasteiger partial charge in [-0.3, -0.25) is 19.0 Å². The van der Waals surface area contributed by atoms with Crippen LogP contribution in [0.4, 0.5) is 5.69 Å². The molecule has 0 saturated heterocycles. The van der Waals surface area contributed by atoms with Crippen LogP contribution in [0.5, 0.6) is 0 Å². The Morgan fingerprint density at radius 1 is 1.50 bits per heavy atom. The SMILES string of the molecule is Cc1nn(CC(=O)Nc2cnn(C)c2C(N)=O)cc1Cl. The number of carbonyl (C=O) groups is 2. The van der Waals surface area contributed by atoms with Crippen molar-refractivity contribution >= 4 is 29.1 Å². The lowest BCUT2D eigenvalue weighted by Gasteiger charge is -2.05. The lowest BCUT2D eigenvalue weighted by molar-refractivity contribution is -0.116. The van der Waals surface area contributed by atoms with Crippen LogP contribution in [0, 0.1) is 6.92 Å². The molecule has 0 aliphatic heterocycles. The van der Waals surface area contributed by atoms with Gasteiger partial charge in [0.25, 0.3) is 5.91 Å². The van der Waals surface area contributed by atoms with Gasteiger partial charge in [0.05, 0.1) is 22.6 Å². The van der Waals surface area contributed by atoms with Gasteiger partial charge in [-0.25, -0.2) is 0 Å². The first-order chi connectivity index (χ1) is 9.38. The molecular formula is C11H13ClN6O2. The number of rotatable bonds is 4. The molecule has 0 bridgehead atoms. The zero-order valence-corrected chi connectivity index (χ0v) is 11.7. The summed E-state index contributed by atoms with van der Waals surface area (Å²) in [5.74, 6) is -1.03. The number of nitrogens with two attached hydrogens (primary N) is 1. The average molecular weight is 297 g/mol. The molecule has 0 aromatic carbocycles. The highest BCUT2D eigenvalue weighted by Gasteiger charge is 2.16. The number of hydrogen-bond acceptors (Lipinski definition) is 4. The van der Waals surface area contributed by atoms with E-state index in [1.807, 2.05) is 0 Å². The van der Waals surface area contributed by atoms with E-state index >= 15 is 0 Å². The van der Waals surface area contributed by atoms with Crippen molar-refractivity contribution in [2.75, 3.05) is 5.32 Å². The molecule has 106 valence electrons. The summed E-state index contributed by atoms with van der Waals surface area (Å²) < 4.78 is 2.71. The van der Waals surface area contributed by atoms with Crippen LogP contribution < -0.4 is 11.1 Å². The van der Waals surface area contributed by atoms with E-state index in [1.165, 1.54) is 15.6 Å². The first-order valence-electron chi connectivity index (χ1n) is 5.69. The molecule has 0 saturated carbocycles. The standard InChI is InChI=1S/C11H13ClN6O2/c1-6-7(12)4-18(16-6)5-9(19)15-8-3-14-17(2)10(8)11(13)20/h3-4H,5H2,1-2H3,(H2,13,20)(H,15,19). The highest BCUT2D eigenvalue weighted by Crippen LogP contribution is 2.14. The van der Waals surface area contributed by atoms with E-state index in [0.717, 1.165) is 0 Å². The summed E-state index contributed by atoms with van der Waals surface area (Å²) in [6.45, 7) is 1.71. The third-order valence-corrected chi connectivity index (χ3v) is 3.01. The first kappa shape index (κ1) is 14.1.